The molecule has 0 bridgehead atoms. The first-order valence-electron chi connectivity index (χ1n) is 4.54. The lowest BCUT2D eigenvalue weighted by Crippen LogP contribution is -1.87. The molecule has 0 spiro atoms. The zero-order valence-corrected chi connectivity index (χ0v) is 8.74. The van der Waals surface area contributed by atoms with Crippen molar-refractivity contribution in [3.8, 4) is 0 Å². The Labute approximate surface area is 80.3 Å². The zero-order chi connectivity index (χ0) is 9.15. The maximum absolute atomic E-state index is 2.38. The van der Waals surface area contributed by atoms with E-state index in [-0.39, 0.29) is 0 Å². The van der Waals surface area contributed by atoms with Gasteiger partial charge in [-0.15, -0.1) is 0 Å². The van der Waals surface area contributed by atoms with Crippen molar-refractivity contribution in [1.29, 1.82) is 0 Å². The summed E-state index contributed by atoms with van der Waals surface area (Å²) in [6, 6.07) is 10.7. The lowest BCUT2D eigenvalue weighted by atomic mass is 10.2. The molecule has 1 aromatic carbocycles. The minimum absolute atomic E-state index is 0.903. The molecule has 13 heavy (non-hydrogen) atoms. The molecule has 0 saturated carbocycles. The van der Waals surface area contributed by atoms with E-state index in [1.54, 1.807) is 0 Å². The Bertz CT molecular complexity index is 323. The molecule has 0 fully saturated rings. The van der Waals surface area contributed by atoms with Gasteiger partial charge < -0.3 is 0 Å². The Morgan fingerprint density at radius 3 is 2.23 bits per heavy atom. The van der Waals surface area contributed by atoms with Crippen LogP contribution in [0.5, 0.6) is 0 Å². The van der Waals surface area contributed by atoms with Crippen molar-refractivity contribution in [2.45, 2.75) is 6.16 Å². The number of hydrogen-bond acceptors (Lipinski definition) is 0. The van der Waals surface area contributed by atoms with Crippen LogP contribution in [0.3, 0.4) is 0 Å². The molecule has 0 N–H and O–H groups in total. The molecule has 1 aliphatic rings. The molecule has 0 aliphatic carbocycles. The third-order valence-corrected chi connectivity index (χ3v) is 5.08. The number of rotatable bonds is 2. The molecule has 0 unspecified atom stereocenters. The van der Waals surface area contributed by atoms with E-state index in [0.29, 0.717) is 0 Å². The third-order valence-electron chi connectivity index (χ3n) is 2.33. The van der Waals surface area contributed by atoms with E-state index in [4.69, 9.17) is 0 Å². The lowest BCUT2D eigenvalue weighted by molar-refractivity contribution is 1.39. The zero-order valence-electron chi connectivity index (χ0n) is 7.85. The smallest absolute Gasteiger partial charge is 0.00445 e. The van der Waals surface area contributed by atoms with Gasteiger partial charge in [-0.3, -0.25) is 0 Å². The minimum atomic E-state index is -0.903. The second-order valence-corrected chi connectivity index (χ2v) is 7.28. The second kappa shape index (κ2) is 3.47. The highest BCUT2D eigenvalue weighted by Crippen LogP contribution is 2.63. The Hall–Kier alpha value is -0.870. The maximum atomic E-state index is 2.38. The molecule has 0 atom stereocenters. The van der Waals surface area contributed by atoms with Gasteiger partial charge in [0.2, 0.25) is 0 Å². The van der Waals surface area contributed by atoms with E-state index in [9.17, 15) is 0 Å². The van der Waals surface area contributed by atoms with E-state index in [1.165, 1.54) is 11.7 Å². The molecule has 0 nitrogen and oxygen atoms in total. The highest BCUT2D eigenvalue weighted by molar-refractivity contribution is 7.80. The van der Waals surface area contributed by atoms with E-state index >= 15 is 0 Å². The standard InChI is InChI=1S/C12H14P/c1-13(9-5-6-10-13)11-12-7-3-2-4-8-12/h2-10H,11H2,1H3. The molecule has 0 amide bonds. The number of hydrogen-bond donors (Lipinski definition) is 0. The summed E-state index contributed by atoms with van der Waals surface area (Å²) < 4.78 is 0. The van der Waals surface area contributed by atoms with Gasteiger partial charge in [-0.25, -0.2) is 0 Å². The van der Waals surface area contributed by atoms with Crippen LogP contribution in [0.1, 0.15) is 5.56 Å². The molecule has 1 aromatic rings. The van der Waals surface area contributed by atoms with Crippen LogP contribution in [-0.2, 0) is 6.16 Å². The molecule has 1 aliphatic heterocycles. The van der Waals surface area contributed by atoms with Gasteiger partial charge in [-0.05, 0) is 18.4 Å². The number of allylic oxidation sites excluding steroid dienone is 2. The van der Waals surface area contributed by atoms with Gasteiger partial charge in [-0.1, -0.05) is 61.4 Å². The first kappa shape index (κ1) is 8.72. The Morgan fingerprint density at radius 2 is 1.62 bits per heavy atom. The van der Waals surface area contributed by atoms with Crippen molar-refractivity contribution in [2.24, 2.45) is 0 Å². The summed E-state index contributed by atoms with van der Waals surface area (Å²) in [5, 5.41) is 0. The highest BCUT2D eigenvalue weighted by Gasteiger charge is 2.16. The molecular formula is C12H14P. The molecular weight excluding hydrogens is 175 g/mol. The third kappa shape index (κ3) is 2.08. The Balaban J connectivity index is 2.15. The fourth-order valence-electron chi connectivity index (χ4n) is 1.62. The van der Waals surface area contributed by atoms with Crippen molar-refractivity contribution in [1.82, 2.24) is 0 Å². The highest BCUT2D eigenvalue weighted by atomic mass is 31.2. The summed E-state index contributed by atoms with van der Waals surface area (Å²) in [5.41, 5.74) is 1.45. The van der Waals surface area contributed by atoms with Crippen molar-refractivity contribution in [2.75, 3.05) is 6.66 Å². The predicted octanol–water partition coefficient (Wildman–Crippen LogP) is 3.88. The van der Waals surface area contributed by atoms with Crippen LogP contribution in [0.4, 0.5) is 0 Å². The number of benzene rings is 1. The van der Waals surface area contributed by atoms with Gasteiger partial charge in [0.25, 0.3) is 0 Å². The SMILES string of the molecule is C[P]1(Cc2ccccc2)C=CC=C1. The fourth-order valence-corrected chi connectivity index (χ4v) is 3.92. The van der Waals surface area contributed by atoms with Crippen molar-refractivity contribution in [3.05, 3.63) is 59.7 Å². The topological polar surface area (TPSA) is 0 Å². The van der Waals surface area contributed by atoms with E-state index in [2.05, 4.69) is 60.8 Å². The van der Waals surface area contributed by atoms with Crippen LogP contribution in [0, 0.1) is 0 Å². The molecule has 1 heteroatoms. The van der Waals surface area contributed by atoms with Crippen molar-refractivity contribution < 1.29 is 0 Å². The van der Waals surface area contributed by atoms with Crippen molar-refractivity contribution in [3.63, 3.8) is 0 Å². The minimum Gasteiger partial charge on any atom is -0.0835 e. The van der Waals surface area contributed by atoms with Crippen LogP contribution in [0.2, 0.25) is 0 Å². The van der Waals surface area contributed by atoms with Gasteiger partial charge in [-0.2, -0.15) is 0 Å². The average Bonchev–Trinajstić information content (AvgIpc) is 2.54. The van der Waals surface area contributed by atoms with Gasteiger partial charge >= 0.3 is 0 Å². The van der Waals surface area contributed by atoms with Crippen LogP contribution in [0.25, 0.3) is 0 Å². The van der Waals surface area contributed by atoms with Gasteiger partial charge in [0, 0.05) is 0 Å². The quantitative estimate of drug-likeness (QED) is 0.619. The summed E-state index contributed by atoms with van der Waals surface area (Å²) in [5.74, 6) is 4.75. The van der Waals surface area contributed by atoms with Crippen LogP contribution in [-0.4, -0.2) is 6.66 Å². The molecule has 0 saturated heterocycles. The van der Waals surface area contributed by atoms with Crippen LogP contribution in [0.15, 0.2) is 54.1 Å². The summed E-state index contributed by atoms with van der Waals surface area (Å²) in [4.78, 5) is 0. The van der Waals surface area contributed by atoms with E-state index in [1.807, 2.05) is 0 Å². The monoisotopic (exact) mass is 189 g/mol. The predicted molar refractivity (Wildman–Crippen MR) is 61.3 cm³/mol. The second-order valence-electron chi connectivity index (χ2n) is 3.67. The molecule has 1 heterocycles. The molecule has 1 radical (unpaired) electrons. The first-order chi connectivity index (χ1) is 6.29. The summed E-state index contributed by atoms with van der Waals surface area (Å²) in [7, 11) is -0.903. The fraction of sp³-hybridized carbons (Fsp3) is 0.167. The normalized spacial score (nSPS) is 17.9. The lowest BCUT2D eigenvalue weighted by Gasteiger charge is -2.21. The van der Waals surface area contributed by atoms with Gasteiger partial charge in [0.05, 0.1) is 0 Å². The summed E-state index contributed by atoms with van der Waals surface area (Å²) in [6.07, 6.45) is 5.56. The largest absolute Gasteiger partial charge is 0.0835 e. The molecule has 0 aromatic heterocycles. The summed E-state index contributed by atoms with van der Waals surface area (Å²) in [6.45, 7) is 2.38. The summed E-state index contributed by atoms with van der Waals surface area (Å²) >= 11 is 0. The van der Waals surface area contributed by atoms with Crippen molar-refractivity contribution >= 4 is 7.26 Å². The van der Waals surface area contributed by atoms with Gasteiger partial charge in [0.1, 0.15) is 0 Å². The molecule has 67 valence electrons. The van der Waals surface area contributed by atoms with Crippen LogP contribution >= 0.6 is 7.26 Å². The van der Waals surface area contributed by atoms with Gasteiger partial charge in [0.15, 0.2) is 0 Å². The van der Waals surface area contributed by atoms with E-state index < -0.39 is 7.26 Å². The Morgan fingerprint density at radius 1 is 1.00 bits per heavy atom. The Kier molecular flexibility index (Phi) is 2.33. The average molecular weight is 189 g/mol. The van der Waals surface area contributed by atoms with E-state index in [0.717, 1.165) is 0 Å². The molecule has 2 rings (SSSR count). The first-order valence-corrected chi connectivity index (χ1v) is 7.10. The van der Waals surface area contributed by atoms with Crippen LogP contribution < -0.4 is 0 Å². The maximum Gasteiger partial charge on any atom is -0.00445 e.